The normalized spacial score (nSPS) is 10.7. The smallest absolute Gasteiger partial charge is 0.236 e. The SMILES string of the molecule is CC=C([C]=O)C=O. The first-order chi connectivity index (χ1) is 3.35. The molecule has 37 valence electrons. The maximum Gasteiger partial charge on any atom is 0.236 e. The number of allylic oxidation sites excluding steroid dienone is 2. The van der Waals surface area contributed by atoms with E-state index in [1.807, 2.05) is 0 Å². The van der Waals surface area contributed by atoms with Crippen LogP contribution in [0.15, 0.2) is 11.6 Å². The lowest BCUT2D eigenvalue weighted by molar-refractivity contribution is -0.104. The minimum Gasteiger partial charge on any atom is -0.298 e. The summed E-state index contributed by atoms with van der Waals surface area (Å²) in [6.45, 7) is 1.61. The first-order valence-electron chi connectivity index (χ1n) is 1.84. The highest BCUT2D eigenvalue weighted by Gasteiger charge is 1.84. The van der Waals surface area contributed by atoms with Gasteiger partial charge in [0.2, 0.25) is 6.29 Å². The molecule has 0 aliphatic rings. The van der Waals surface area contributed by atoms with Crippen molar-refractivity contribution in [1.29, 1.82) is 0 Å². The van der Waals surface area contributed by atoms with Crippen molar-refractivity contribution in [2.75, 3.05) is 0 Å². The van der Waals surface area contributed by atoms with Gasteiger partial charge in [-0.05, 0) is 6.92 Å². The topological polar surface area (TPSA) is 34.1 Å². The molecule has 0 saturated heterocycles. The van der Waals surface area contributed by atoms with Gasteiger partial charge >= 0.3 is 0 Å². The van der Waals surface area contributed by atoms with Crippen LogP contribution in [0.3, 0.4) is 0 Å². The molecule has 0 aliphatic carbocycles. The first kappa shape index (κ1) is 6.08. The van der Waals surface area contributed by atoms with Gasteiger partial charge in [-0.25, -0.2) is 0 Å². The minimum absolute atomic E-state index is 0.0694. The van der Waals surface area contributed by atoms with Crippen LogP contribution in [0.4, 0.5) is 0 Å². The van der Waals surface area contributed by atoms with Crippen LogP contribution in [0.25, 0.3) is 0 Å². The molecule has 1 radical (unpaired) electrons. The lowest BCUT2D eigenvalue weighted by atomic mass is 10.3. The van der Waals surface area contributed by atoms with E-state index in [1.165, 1.54) is 12.4 Å². The van der Waals surface area contributed by atoms with Gasteiger partial charge in [-0.2, -0.15) is 0 Å². The number of carbonyl (C=O) groups excluding carboxylic acids is 2. The number of carbonyl (C=O) groups is 1. The fraction of sp³-hybridized carbons (Fsp3) is 0.200. The van der Waals surface area contributed by atoms with Crippen LogP contribution in [0.5, 0.6) is 0 Å². The lowest BCUT2D eigenvalue weighted by Crippen LogP contribution is -1.81. The van der Waals surface area contributed by atoms with Crippen molar-refractivity contribution < 1.29 is 9.59 Å². The van der Waals surface area contributed by atoms with E-state index in [2.05, 4.69) is 0 Å². The summed E-state index contributed by atoms with van der Waals surface area (Å²) in [6.07, 6.45) is 3.31. The van der Waals surface area contributed by atoms with Gasteiger partial charge in [0, 0.05) is 0 Å². The zero-order chi connectivity index (χ0) is 5.70. The molecule has 0 amide bonds. The summed E-state index contributed by atoms with van der Waals surface area (Å²) in [6, 6.07) is 0. The quantitative estimate of drug-likeness (QED) is 0.214. The van der Waals surface area contributed by atoms with Gasteiger partial charge in [0.15, 0.2) is 6.29 Å². The van der Waals surface area contributed by atoms with Gasteiger partial charge in [0.25, 0.3) is 0 Å². The molecule has 0 unspecified atom stereocenters. The molecular weight excluding hydrogens is 92.1 g/mol. The summed E-state index contributed by atoms with van der Waals surface area (Å²) >= 11 is 0. The van der Waals surface area contributed by atoms with E-state index in [-0.39, 0.29) is 5.57 Å². The van der Waals surface area contributed by atoms with Crippen molar-refractivity contribution >= 4 is 12.6 Å². The number of rotatable bonds is 2. The Hall–Kier alpha value is -0.920. The van der Waals surface area contributed by atoms with Crippen LogP contribution in [-0.2, 0) is 9.59 Å². The molecule has 0 N–H and O–H groups in total. The number of aldehydes is 1. The minimum atomic E-state index is 0.0694. The van der Waals surface area contributed by atoms with E-state index in [0.29, 0.717) is 6.29 Å². The number of hydrogen-bond donors (Lipinski definition) is 0. The van der Waals surface area contributed by atoms with E-state index < -0.39 is 0 Å². The van der Waals surface area contributed by atoms with Crippen molar-refractivity contribution in [2.45, 2.75) is 6.92 Å². The lowest BCUT2D eigenvalue weighted by Gasteiger charge is -1.71. The highest BCUT2D eigenvalue weighted by Crippen LogP contribution is 1.77. The Balaban J connectivity index is 3.85. The third kappa shape index (κ3) is 1.87. The zero-order valence-electron chi connectivity index (χ0n) is 3.97. The molecule has 0 aromatic rings. The van der Waals surface area contributed by atoms with Crippen LogP contribution < -0.4 is 0 Å². The summed E-state index contributed by atoms with van der Waals surface area (Å²) in [5.74, 6) is 0. The van der Waals surface area contributed by atoms with E-state index in [0.717, 1.165) is 0 Å². The van der Waals surface area contributed by atoms with Crippen molar-refractivity contribution in [3.8, 4) is 0 Å². The molecular formula is C5H5O2. The Labute approximate surface area is 41.8 Å². The predicted molar refractivity (Wildman–Crippen MR) is 25.5 cm³/mol. The monoisotopic (exact) mass is 97.0 g/mol. The summed E-state index contributed by atoms with van der Waals surface area (Å²) in [5.41, 5.74) is 0.0694. The Bertz CT molecular complexity index is 92.6. The molecule has 0 rings (SSSR count). The van der Waals surface area contributed by atoms with E-state index in [4.69, 9.17) is 0 Å². The molecule has 0 saturated carbocycles. The third-order valence-corrected chi connectivity index (χ3v) is 0.556. The zero-order valence-corrected chi connectivity index (χ0v) is 3.97. The summed E-state index contributed by atoms with van der Waals surface area (Å²) < 4.78 is 0. The summed E-state index contributed by atoms with van der Waals surface area (Å²) in [5, 5.41) is 0. The highest BCUT2D eigenvalue weighted by atomic mass is 16.1. The molecule has 0 aromatic carbocycles. The maximum atomic E-state index is 9.64. The van der Waals surface area contributed by atoms with E-state index in [9.17, 15) is 9.59 Å². The van der Waals surface area contributed by atoms with Crippen LogP contribution in [0.1, 0.15) is 6.92 Å². The fourth-order valence-corrected chi connectivity index (χ4v) is 0.151. The van der Waals surface area contributed by atoms with Crippen LogP contribution in [0, 0.1) is 0 Å². The van der Waals surface area contributed by atoms with Gasteiger partial charge in [-0.3, -0.25) is 9.59 Å². The molecule has 0 atom stereocenters. The van der Waals surface area contributed by atoms with E-state index >= 15 is 0 Å². The van der Waals surface area contributed by atoms with Crippen molar-refractivity contribution in [2.24, 2.45) is 0 Å². The van der Waals surface area contributed by atoms with E-state index in [1.54, 1.807) is 6.92 Å². The molecule has 0 aromatic heterocycles. The molecule has 7 heavy (non-hydrogen) atoms. The first-order valence-corrected chi connectivity index (χ1v) is 1.84. The Morgan fingerprint density at radius 1 is 1.71 bits per heavy atom. The Morgan fingerprint density at radius 3 is 2.29 bits per heavy atom. The number of hydrogen-bond acceptors (Lipinski definition) is 2. The molecule has 0 bridgehead atoms. The van der Waals surface area contributed by atoms with Crippen molar-refractivity contribution in [1.82, 2.24) is 0 Å². The Morgan fingerprint density at radius 2 is 2.29 bits per heavy atom. The van der Waals surface area contributed by atoms with Gasteiger partial charge < -0.3 is 0 Å². The second kappa shape index (κ2) is 3.28. The summed E-state index contributed by atoms with van der Waals surface area (Å²) in [4.78, 5) is 19.2. The third-order valence-electron chi connectivity index (χ3n) is 0.556. The average Bonchev–Trinajstić information content (AvgIpc) is 1.72. The van der Waals surface area contributed by atoms with Gasteiger partial charge in [0.1, 0.15) is 0 Å². The molecule has 0 heterocycles. The molecule has 0 spiro atoms. The molecule has 0 aliphatic heterocycles. The van der Waals surface area contributed by atoms with Crippen LogP contribution in [0.2, 0.25) is 0 Å². The standard InChI is InChI=1S/C5H5O2/c1-2-5(3-6)4-7/h2-3H,1H3. The van der Waals surface area contributed by atoms with Crippen LogP contribution >= 0.6 is 0 Å². The van der Waals surface area contributed by atoms with Gasteiger partial charge in [0.05, 0.1) is 5.57 Å². The maximum absolute atomic E-state index is 9.64. The predicted octanol–water partition coefficient (Wildman–Crippen LogP) is 0.241. The highest BCUT2D eigenvalue weighted by molar-refractivity contribution is 5.99. The molecule has 2 nitrogen and oxygen atoms in total. The van der Waals surface area contributed by atoms with Crippen molar-refractivity contribution in [3.05, 3.63) is 11.6 Å². The summed E-state index contributed by atoms with van der Waals surface area (Å²) in [7, 11) is 0. The van der Waals surface area contributed by atoms with Gasteiger partial charge in [-0.1, -0.05) is 6.08 Å². The second-order valence-electron chi connectivity index (χ2n) is 0.964. The second-order valence-corrected chi connectivity index (χ2v) is 0.964. The molecule has 2 heteroatoms. The largest absolute Gasteiger partial charge is 0.298 e. The van der Waals surface area contributed by atoms with Crippen LogP contribution in [-0.4, -0.2) is 12.6 Å². The molecule has 0 fully saturated rings. The Kier molecular flexibility index (Phi) is 2.85. The fourth-order valence-electron chi connectivity index (χ4n) is 0.151. The van der Waals surface area contributed by atoms with Gasteiger partial charge in [-0.15, -0.1) is 0 Å². The van der Waals surface area contributed by atoms with Crippen molar-refractivity contribution in [3.63, 3.8) is 0 Å². The average molecular weight is 97.1 g/mol.